The molecule has 6 heteroatoms. The van der Waals surface area contributed by atoms with Gasteiger partial charge in [-0.1, -0.05) is 12.6 Å². The van der Waals surface area contributed by atoms with Crippen LogP contribution >= 0.6 is 0 Å². The summed E-state index contributed by atoms with van der Waals surface area (Å²) in [7, 11) is -3.51. The maximum absolute atomic E-state index is 11.7. The molecule has 5 nitrogen and oxygen atoms in total. The molecule has 1 rings (SSSR count). The van der Waals surface area contributed by atoms with E-state index in [9.17, 15) is 13.2 Å². The summed E-state index contributed by atoms with van der Waals surface area (Å²) in [6.07, 6.45) is 0. The third-order valence-corrected chi connectivity index (χ3v) is 3.78. The van der Waals surface area contributed by atoms with E-state index < -0.39 is 21.1 Å². The first-order valence-electron chi connectivity index (χ1n) is 4.89. The molecule has 0 aliphatic carbocycles. The third kappa shape index (κ3) is 3.32. The van der Waals surface area contributed by atoms with Gasteiger partial charge in [-0.2, -0.15) is 0 Å². The Bertz CT molecular complexity index is 537. The number of nitrogens with one attached hydrogen (secondary N) is 1. The van der Waals surface area contributed by atoms with E-state index in [1.54, 1.807) is 18.2 Å². The molecule has 0 radical (unpaired) electrons. The van der Waals surface area contributed by atoms with Gasteiger partial charge in [-0.15, -0.1) is 0 Å². The highest BCUT2D eigenvalue weighted by molar-refractivity contribution is 7.94. The van der Waals surface area contributed by atoms with Crippen LogP contribution in [-0.4, -0.2) is 19.7 Å². The fourth-order valence-corrected chi connectivity index (χ4v) is 1.73. The number of benzene rings is 1. The highest BCUT2D eigenvalue weighted by Gasteiger charge is 2.19. The molecule has 1 amide bonds. The van der Waals surface area contributed by atoms with Crippen molar-refractivity contribution >= 4 is 21.4 Å². The second kappa shape index (κ2) is 5.01. The van der Waals surface area contributed by atoms with Crippen LogP contribution in [0.3, 0.4) is 0 Å². The van der Waals surface area contributed by atoms with Crippen molar-refractivity contribution in [3.05, 3.63) is 41.8 Å². The zero-order chi connectivity index (χ0) is 13.1. The summed E-state index contributed by atoms with van der Waals surface area (Å²) in [6, 6.07) is 6.29. The van der Waals surface area contributed by atoms with E-state index in [-0.39, 0.29) is 0 Å². The number of hydrogen-bond donors (Lipinski definition) is 2. The predicted molar refractivity (Wildman–Crippen MR) is 66.9 cm³/mol. The number of carbonyl (C=O) groups is 1. The molecule has 0 saturated carbocycles. The number of nitrogens with two attached hydrogens (primary N) is 1. The normalized spacial score (nSPS) is 12.8. The van der Waals surface area contributed by atoms with Gasteiger partial charge in [0.05, 0.1) is 0 Å². The van der Waals surface area contributed by atoms with E-state index >= 15 is 0 Å². The molecular formula is C11H14N2O3S. The lowest BCUT2D eigenvalue weighted by atomic mass is 10.2. The van der Waals surface area contributed by atoms with Crippen molar-refractivity contribution < 1.29 is 13.2 Å². The van der Waals surface area contributed by atoms with Crippen molar-refractivity contribution in [3.8, 4) is 0 Å². The van der Waals surface area contributed by atoms with Gasteiger partial charge in [0.15, 0.2) is 9.84 Å². The highest BCUT2D eigenvalue weighted by Crippen LogP contribution is 2.07. The van der Waals surface area contributed by atoms with Crippen molar-refractivity contribution in [1.29, 1.82) is 0 Å². The lowest BCUT2D eigenvalue weighted by Crippen LogP contribution is -2.37. The molecule has 92 valence electrons. The van der Waals surface area contributed by atoms with Gasteiger partial charge in [0, 0.05) is 16.7 Å². The van der Waals surface area contributed by atoms with Gasteiger partial charge in [-0.25, -0.2) is 8.42 Å². The first kappa shape index (κ1) is 13.2. The Balaban J connectivity index is 2.84. The van der Waals surface area contributed by atoms with Crippen molar-refractivity contribution in [3.63, 3.8) is 0 Å². The van der Waals surface area contributed by atoms with E-state index in [0.29, 0.717) is 11.3 Å². The summed E-state index contributed by atoms with van der Waals surface area (Å²) in [5, 5.41) is 2.16. The molecule has 3 N–H and O–H groups in total. The van der Waals surface area contributed by atoms with Gasteiger partial charge in [-0.3, -0.25) is 4.79 Å². The predicted octanol–water partition coefficient (Wildman–Crippen LogP) is 0.903. The second-order valence-corrected chi connectivity index (χ2v) is 5.72. The number of rotatable bonds is 4. The number of amides is 1. The van der Waals surface area contributed by atoms with Crippen LogP contribution in [0.15, 0.2) is 36.3 Å². The molecule has 0 heterocycles. The van der Waals surface area contributed by atoms with Gasteiger partial charge in [0.25, 0.3) is 5.91 Å². The van der Waals surface area contributed by atoms with E-state index in [0.717, 1.165) is 5.41 Å². The highest BCUT2D eigenvalue weighted by atomic mass is 32.2. The van der Waals surface area contributed by atoms with Crippen LogP contribution in [0.25, 0.3) is 0 Å². The van der Waals surface area contributed by atoms with Crippen LogP contribution in [0.5, 0.6) is 0 Å². The molecule has 0 aromatic heterocycles. The van der Waals surface area contributed by atoms with Gasteiger partial charge < -0.3 is 11.1 Å². The third-order valence-electron chi connectivity index (χ3n) is 2.21. The Morgan fingerprint density at radius 1 is 1.53 bits per heavy atom. The molecule has 1 aromatic rings. The second-order valence-electron chi connectivity index (χ2n) is 3.50. The van der Waals surface area contributed by atoms with Crippen molar-refractivity contribution in [2.45, 2.75) is 12.3 Å². The molecule has 0 spiro atoms. The minimum absolute atomic E-state index is 0.316. The summed E-state index contributed by atoms with van der Waals surface area (Å²) < 4.78 is 22.8. The number of nitrogen functional groups attached to an aromatic ring is 1. The van der Waals surface area contributed by atoms with Crippen LogP contribution in [0.4, 0.5) is 5.69 Å². The number of carbonyl (C=O) groups excluding carboxylic acids is 1. The molecule has 0 bridgehead atoms. The van der Waals surface area contributed by atoms with Crippen LogP contribution < -0.4 is 11.1 Å². The average molecular weight is 254 g/mol. The van der Waals surface area contributed by atoms with Gasteiger partial charge in [-0.05, 0) is 25.1 Å². The first-order valence-corrected chi connectivity index (χ1v) is 6.50. The average Bonchev–Trinajstić information content (AvgIpc) is 2.28. The Morgan fingerprint density at radius 3 is 2.71 bits per heavy atom. The zero-order valence-electron chi connectivity index (χ0n) is 9.38. The number of anilines is 1. The quantitative estimate of drug-likeness (QED) is 0.781. The minimum atomic E-state index is -3.51. The molecule has 1 aromatic carbocycles. The SMILES string of the molecule is C=CS(=O)(=O)C(C)NC(=O)c1cccc(N)c1. The maximum atomic E-state index is 11.7. The van der Waals surface area contributed by atoms with E-state index in [4.69, 9.17) is 5.73 Å². The summed E-state index contributed by atoms with van der Waals surface area (Å²) >= 11 is 0. The van der Waals surface area contributed by atoms with E-state index in [1.807, 2.05) is 0 Å². The Hall–Kier alpha value is -1.82. The first-order chi connectivity index (χ1) is 7.86. The van der Waals surface area contributed by atoms with Crippen molar-refractivity contribution in [2.75, 3.05) is 5.73 Å². The Kier molecular flexibility index (Phi) is 3.90. The minimum Gasteiger partial charge on any atom is -0.399 e. The number of hydrogen-bond acceptors (Lipinski definition) is 4. The van der Waals surface area contributed by atoms with E-state index in [2.05, 4.69) is 11.9 Å². The summed E-state index contributed by atoms with van der Waals surface area (Å²) in [6.45, 7) is 4.56. The van der Waals surface area contributed by atoms with Gasteiger partial charge in [0.1, 0.15) is 5.37 Å². The van der Waals surface area contributed by atoms with Crippen molar-refractivity contribution in [1.82, 2.24) is 5.32 Å². The molecule has 0 fully saturated rings. The molecule has 0 saturated heterocycles. The van der Waals surface area contributed by atoms with E-state index in [1.165, 1.54) is 13.0 Å². The Morgan fingerprint density at radius 2 is 2.18 bits per heavy atom. The molecule has 0 aliphatic heterocycles. The number of sulfone groups is 1. The van der Waals surface area contributed by atoms with Crippen LogP contribution in [-0.2, 0) is 9.84 Å². The van der Waals surface area contributed by atoms with Crippen molar-refractivity contribution in [2.24, 2.45) is 0 Å². The molecule has 0 aliphatic rings. The van der Waals surface area contributed by atoms with Crippen LogP contribution in [0.1, 0.15) is 17.3 Å². The summed E-state index contributed by atoms with van der Waals surface area (Å²) in [4.78, 5) is 11.7. The topological polar surface area (TPSA) is 89.3 Å². The monoisotopic (exact) mass is 254 g/mol. The fourth-order valence-electron chi connectivity index (χ4n) is 1.17. The standard InChI is InChI=1S/C11H14N2O3S/c1-3-17(15,16)8(2)13-11(14)9-5-4-6-10(12)7-9/h3-8H,1,12H2,2H3,(H,13,14). The maximum Gasteiger partial charge on any atom is 0.252 e. The lowest BCUT2D eigenvalue weighted by Gasteiger charge is -2.12. The van der Waals surface area contributed by atoms with Crippen LogP contribution in [0.2, 0.25) is 0 Å². The lowest BCUT2D eigenvalue weighted by molar-refractivity contribution is 0.0950. The van der Waals surface area contributed by atoms with Gasteiger partial charge in [0.2, 0.25) is 0 Å². The molecule has 17 heavy (non-hydrogen) atoms. The molecule has 1 atom stereocenters. The Labute approximate surface area is 100 Å². The summed E-state index contributed by atoms with van der Waals surface area (Å²) in [5.74, 6) is -0.491. The molecule has 1 unspecified atom stereocenters. The fraction of sp³-hybridized carbons (Fsp3) is 0.182. The largest absolute Gasteiger partial charge is 0.399 e. The van der Waals surface area contributed by atoms with Crippen LogP contribution in [0, 0.1) is 0 Å². The zero-order valence-corrected chi connectivity index (χ0v) is 10.2. The van der Waals surface area contributed by atoms with Gasteiger partial charge >= 0.3 is 0 Å². The molecular weight excluding hydrogens is 240 g/mol. The smallest absolute Gasteiger partial charge is 0.252 e. The summed E-state index contributed by atoms with van der Waals surface area (Å²) in [5.41, 5.74) is 6.28.